The van der Waals surface area contributed by atoms with Gasteiger partial charge in [0.2, 0.25) is 0 Å². The third kappa shape index (κ3) is 1.94. The van der Waals surface area contributed by atoms with E-state index in [1.54, 1.807) is 0 Å². The molecule has 0 saturated heterocycles. The van der Waals surface area contributed by atoms with Gasteiger partial charge in [0.05, 0.1) is 6.10 Å². The maximum absolute atomic E-state index is 9.40. The van der Waals surface area contributed by atoms with Crippen LogP contribution in [0, 0.1) is 5.41 Å². The van der Waals surface area contributed by atoms with Crippen molar-refractivity contribution in [3.63, 3.8) is 0 Å². The Kier molecular flexibility index (Phi) is 2.55. The summed E-state index contributed by atoms with van der Waals surface area (Å²) >= 11 is 0. The first-order valence-corrected chi connectivity index (χ1v) is 4.41. The smallest absolute Gasteiger partial charge is 0.0555 e. The van der Waals surface area contributed by atoms with Crippen molar-refractivity contribution in [2.75, 3.05) is 7.05 Å². The highest BCUT2D eigenvalue weighted by molar-refractivity contribution is 4.90. The third-order valence-electron chi connectivity index (χ3n) is 2.92. The van der Waals surface area contributed by atoms with E-state index in [1.165, 1.54) is 0 Å². The molecule has 0 spiro atoms. The number of rotatable bonds is 1. The second-order valence-electron chi connectivity index (χ2n) is 4.26. The predicted octanol–water partition coefficient (Wildman–Crippen LogP) is 1.15. The predicted molar refractivity (Wildman–Crippen MR) is 46.5 cm³/mol. The van der Waals surface area contributed by atoms with E-state index in [0.717, 1.165) is 19.3 Å². The Morgan fingerprint density at radius 1 is 1.45 bits per heavy atom. The first-order valence-electron chi connectivity index (χ1n) is 4.41. The Labute approximate surface area is 69.0 Å². The van der Waals surface area contributed by atoms with Crippen molar-refractivity contribution in [3.8, 4) is 0 Å². The zero-order valence-corrected chi connectivity index (χ0v) is 7.72. The summed E-state index contributed by atoms with van der Waals surface area (Å²) in [5.41, 5.74) is 0.355. The summed E-state index contributed by atoms with van der Waals surface area (Å²) in [6.45, 7) is 4.53. The van der Waals surface area contributed by atoms with Crippen LogP contribution in [0.4, 0.5) is 0 Å². The molecule has 0 bridgehead atoms. The molecular formula is C9H19NO. The Morgan fingerprint density at radius 2 is 2.09 bits per heavy atom. The van der Waals surface area contributed by atoms with Gasteiger partial charge in [-0.2, -0.15) is 0 Å². The van der Waals surface area contributed by atoms with Gasteiger partial charge in [0.1, 0.15) is 0 Å². The van der Waals surface area contributed by atoms with Gasteiger partial charge in [-0.25, -0.2) is 0 Å². The lowest BCUT2D eigenvalue weighted by Crippen LogP contribution is -2.46. The average Bonchev–Trinajstić information content (AvgIpc) is 1.94. The van der Waals surface area contributed by atoms with E-state index in [2.05, 4.69) is 19.2 Å². The van der Waals surface area contributed by atoms with Crippen LogP contribution in [0.3, 0.4) is 0 Å². The van der Waals surface area contributed by atoms with Crippen LogP contribution in [-0.2, 0) is 0 Å². The molecule has 0 heterocycles. The van der Waals surface area contributed by atoms with Crippen molar-refractivity contribution in [2.24, 2.45) is 5.41 Å². The van der Waals surface area contributed by atoms with Gasteiger partial charge in [-0.1, -0.05) is 13.8 Å². The fourth-order valence-corrected chi connectivity index (χ4v) is 1.93. The summed E-state index contributed by atoms with van der Waals surface area (Å²) in [5, 5.41) is 12.7. The van der Waals surface area contributed by atoms with Crippen LogP contribution < -0.4 is 5.32 Å². The Bertz CT molecular complexity index is 134. The lowest BCUT2D eigenvalue weighted by molar-refractivity contribution is 0.0516. The van der Waals surface area contributed by atoms with Gasteiger partial charge >= 0.3 is 0 Å². The normalized spacial score (nSPS) is 37.1. The number of aliphatic hydroxyl groups excluding tert-OH is 1. The first-order chi connectivity index (χ1) is 5.06. The molecule has 1 aliphatic rings. The van der Waals surface area contributed by atoms with Gasteiger partial charge in [-0.3, -0.25) is 0 Å². The van der Waals surface area contributed by atoms with Crippen molar-refractivity contribution in [1.29, 1.82) is 0 Å². The topological polar surface area (TPSA) is 32.3 Å². The largest absolute Gasteiger partial charge is 0.393 e. The molecule has 2 N–H and O–H groups in total. The standard InChI is InChI=1S/C9H19NO/c1-9(2)5-4-7(11)6-8(9)10-3/h7-8,10-11H,4-6H2,1-3H3. The summed E-state index contributed by atoms with van der Waals surface area (Å²) in [6.07, 6.45) is 2.91. The number of hydrogen-bond acceptors (Lipinski definition) is 2. The summed E-state index contributed by atoms with van der Waals surface area (Å²) in [6, 6.07) is 0.478. The third-order valence-corrected chi connectivity index (χ3v) is 2.92. The van der Waals surface area contributed by atoms with Crippen molar-refractivity contribution in [2.45, 2.75) is 45.3 Å². The number of aliphatic hydroxyl groups is 1. The van der Waals surface area contributed by atoms with E-state index < -0.39 is 0 Å². The Morgan fingerprint density at radius 3 is 2.55 bits per heavy atom. The number of hydrogen-bond donors (Lipinski definition) is 2. The van der Waals surface area contributed by atoms with E-state index in [9.17, 15) is 5.11 Å². The SMILES string of the molecule is CNC1CC(O)CCC1(C)C. The zero-order valence-electron chi connectivity index (χ0n) is 7.72. The minimum atomic E-state index is -0.0829. The Balaban J connectivity index is 2.56. The van der Waals surface area contributed by atoms with Crippen LogP contribution in [0.5, 0.6) is 0 Å². The molecule has 2 atom stereocenters. The molecule has 0 aromatic rings. The van der Waals surface area contributed by atoms with Crippen molar-refractivity contribution < 1.29 is 5.11 Å². The zero-order chi connectivity index (χ0) is 8.48. The second kappa shape index (κ2) is 3.11. The van der Waals surface area contributed by atoms with Crippen molar-refractivity contribution >= 4 is 0 Å². The molecule has 2 nitrogen and oxygen atoms in total. The molecule has 1 aliphatic carbocycles. The highest BCUT2D eigenvalue weighted by atomic mass is 16.3. The fourth-order valence-electron chi connectivity index (χ4n) is 1.93. The van der Waals surface area contributed by atoms with E-state index in [1.807, 2.05) is 7.05 Å². The molecule has 11 heavy (non-hydrogen) atoms. The Hall–Kier alpha value is -0.0800. The summed E-state index contributed by atoms with van der Waals surface area (Å²) in [5.74, 6) is 0. The lowest BCUT2D eigenvalue weighted by atomic mass is 9.72. The lowest BCUT2D eigenvalue weighted by Gasteiger charge is -2.40. The van der Waals surface area contributed by atoms with E-state index in [0.29, 0.717) is 11.5 Å². The summed E-state index contributed by atoms with van der Waals surface area (Å²) in [4.78, 5) is 0. The van der Waals surface area contributed by atoms with Crippen LogP contribution in [-0.4, -0.2) is 24.3 Å². The van der Waals surface area contributed by atoms with Gasteiger partial charge < -0.3 is 10.4 Å². The highest BCUT2D eigenvalue weighted by Gasteiger charge is 2.34. The van der Waals surface area contributed by atoms with Crippen LogP contribution in [0.2, 0.25) is 0 Å². The molecule has 0 aliphatic heterocycles. The van der Waals surface area contributed by atoms with Crippen molar-refractivity contribution in [1.82, 2.24) is 5.32 Å². The van der Waals surface area contributed by atoms with Gasteiger partial charge in [-0.05, 0) is 31.7 Å². The van der Waals surface area contributed by atoms with Gasteiger partial charge in [-0.15, -0.1) is 0 Å². The molecule has 0 radical (unpaired) electrons. The molecule has 2 heteroatoms. The fraction of sp³-hybridized carbons (Fsp3) is 1.00. The summed E-state index contributed by atoms with van der Waals surface area (Å²) < 4.78 is 0. The summed E-state index contributed by atoms with van der Waals surface area (Å²) in [7, 11) is 1.98. The first kappa shape index (κ1) is 9.01. The van der Waals surface area contributed by atoms with Crippen LogP contribution in [0.25, 0.3) is 0 Å². The molecule has 0 aromatic heterocycles. The molecule has 1 saturated carbocycles. The van der Waals surface area contributed by atoms with E-state index in [-0.39, 0.29) is 6.10 Å². The maximum Gasteiger partial charge on any atom is 0.0555 e. The van der Waals surface area contributed by atoms with Gasteiger partial charge in [0.15, 0.2) is 0 Å². The molecule has 0 amide bonds. The molecule has 66 valence electrons. The highest BCUT2D eigenvalue weighted by Crippen LogP contribution is 2.35. The van der Waals surface area contributed by atoms with E-state index >= 15 is 0 Å². The quantitative estimate of drug-likeness (QED) is 0.598. The molecular weight excluding hydrogens is 138 g/mol. The van der Waals surface area contributed by atoms with Crippen LogP contribution >= 0.6 is 0 Å². The van der Waals surface area contributed by atoms with Gasteiger partial charge in [0.25, 0.3) is 0 Å². The monoisotopic (exact) mass is 157 g/mol. The second-order valence-corrected chi connectivity index (χ2v) is 4.26. The van der Waals surface area contributed by atoms with Gasteiger partial charge in [0, 0.05) is 6.04 Å². The van der Waals surface area contributed by atoms with E-state index in [4.69, 9.17) is 0 Å². The molecule has 1 rings (SSSR count). The average molecular weight is 157 g/mol. The molecule has 1 fully saturated rings. The van der Waals surface area contributed by atoms with Crippen molar-refractivity contribution in [3.05, 3.63) is 0 Å². The molecule has 0 aromatic carbocycles. The number of nitrogens with one attached hydrogen (secondary N) is 1. The minimum absolute atomic E-state index is 0.0829. The van der Waals surface area contributed by atoms with Crippen LogP contribution in [0.15, 0.2) is 0 Å². The van der Waals surface area contributed by atoms with Crippen LogP contribution in [0.1, 0.15) is 33.1 Å². The maximum atomic E-state index is 9.40. The molecule has 2 unspecified atom stereocenters. The minimum Gasteiger partial charge on any atom is -0.393 e.